The summed E-state index contributed by atoms with van der Waals surface area (Å²) in [5.41, 5.74) is 1.48. The van der Waals surface area contributed by atoms with Crippen molar-refractivity contribution in [3.8, 4) is 23.1 Å². The number of pyridine rings is 1. The molecule has 4 heteroatoms. The van der Waals surface area contributed by atoms with Gasteiger partial charge in [-0.25, -0.2) is 0 Å². The summed E-state index contributed by atoms with van der Waals surface area (Å²) < 4.78 is 6.90. The highest BCUT2D eigenvalue weighted by molar-refractivity contribution is 5.67. The lowest BCUT2D eigenvalue weighted by atomic mass is 10.1. The van der Waals surface area contributed by atoms with E-state index in [9.17, 15) is 4.79 Å². The van der Waals surface area contributed by atoms with E-state index in [1.807, 2.05) is 37.3 Å². The lowest BCUT2D eigenvalue weighted by Crippen LogP contribution is -2.23. The van der Waals surface area contributed by atoms with Crippen LogP contribution in [0, 0.1) is 11.3 Å². The highest BCUT2D eigenvalue weighted by atomic mass is 16.5. The van der Waals surface area contributed by atoms with Crippen LogP contribution in [0.15, 0.2) is 41.2 Å². The van der Waals surface area contributed by atoms with Crippen molar-refractivity contribution in [2.45, 2.75) is 13.5 Å². The first-order valence-electron chi connectivity index (χ1n) is 6.00. The molecule has 1 heterocycles. The smallest absolute Gasteiger partial charge is 0.268 e. The molecule has 0 spiro atoms. The Balaban J connectivity index is 2.74. The molecule has 0 radical (unpaired) electrons. The second kappa shape index (κ2) is 5.40. The van der Waals surface area contributed by atoms with Gasteiger partial charge in [0.15, 0.2) is 0 Å². The number of rotatable bonds is 3. The van der Waals surface area contributed by atoms with E-state index in [2.05, 4.69) is 0 Å². The Morgan fingerprint density at radius 2 is 2.00 bits per heavy atom. The van der Waals surface area contributed by atoms with Crippen molar-refractivity contribution in [2.75, 3.05) is 7.11 Å². The van der Waals surface area contributed by atoms with Crippen LogP contribution in [-0.4, -0.2) is 11.7 Å². The van der Waals surface area contributed by atoms with E-state index in [1.54, 1.807) is 23.8 Å². The van der Waals surface area contributed by atoms with Gasteiger partial charge in [-0.3, -0.25) is 4.79 Å². The van der Waals surface area contributed by atoms with Crippen molar-refractivity contribution in [3.63, 3.8) is 0 Å². The van der Waals surface area contributed by atoms with Crippen molar-refractivity contribution in [2.24, 2.45) is 0 Å². The van der Waals surface area contributed by atoms with Crippen LogP contribution in [-0.2, 0) is 6.54 Å². The Kier molecular flexibility index (Phi) is 3.67. The molecule has 1 aromatic carbocycles. The van der Waals surface area contributed by atoms with E-state index < -0.39 is 0 Å². The van der Waals surface area contributed by atoms with Crippen LogP contribution in [0.1, 0.15) is 12.5 Å². The zero-order valence-electron chi connectivity index (χ0n) is 10.9. The number of methoxy groups -OCH3 is 1. The standard InChI is InChI=1S/C15H14N2O2/c1-3-17-13(9-8-11(10-16)15(17)18)12-6-4-5-7-14(12)19-2/h4-9H,3H2,1-2H3. The van der Waals surface area contributed by atoms with Gasteiger partial charge >= 0.3 is 0 Å². The molecule has 0 N–H and O–H groups in total. The number of benzene rings is 1. The molecule has 0 amide bonds. The van der Waals surface area contributed by atoms with Gasteiger partial charge in [0, 0.05) is 12.1 Å². The third kappa shape index (κ3) is 2.23. The van der Waals surface area contributed by atoms with Gasteiger partial charge in [-0.15, -0.1) is 0 Å². The molecule has 0 aliphatic heterocycles. The predicted octanol–water partition coefficient (Wildman–Crippen LogP) is 2.42. The van der Waals surface area contributed by atoms with Gasteiger partial charge in [0.1, 0.15) is 17.4 Å². The van der Waals surface area contributed by atoms with Crippen LogP contribution in [0.3, 0.4) is 0 Å². The van der Waals surface area contributed by atoms with Crippen LogP contribution >= 0.6 is 0 Å². The fourth-order valence-corrected chi connectivity index (χ4v) is 2.07. The van der Waals surface area contributed by atoms with Gasteiger partial charge in [-0.1, -0.05) is 12.1 Å². The first-order chi connectivity index (χ1) is 9.22. The van der Waals surface area contributed by atoms with Crippen LogP contribution < -0.4 is 10.3 Å². The van der Waals surface area contributed by atoms with Crippen LogP contribution in [0.2, 0.25) is 0 Å². The maximum absolute atomic E-state index is 12.1. The molecule has 0 aliphatic rings. The second-order valence-corrected chi connectivity index (χ2v) is 3.99. The Hall–Kier alpha value is -2.54. The predicted molar refractivity (Wildman–Crippen MR) is 73.1 cm³/mol. The number of hydrogen-bond acceptors (Lipinski definition) is 3. The average Bonchev–Trinajstić information content (AvgIpc) is 2.46. The zero-order valence-corrected chi connectivity index (χ0v) is 10.9. The molecule has 2 rings (SSSR count). The summed E-state index contributed by atoms with van der Waals surface area (Å²) in [5.74, 6) is 0.703. The number of ether oxygens (including phenoxy) is 1. The Morgan fingerprint density at radius 3 is 2.63 bits per heavy atom. The molecular formula is C15H14N2O2. The highest BCUT2D eigenvalue weighted by Crippen LogP contribution is 2.28. The number of hydrogen-bond donors (Lipinski definition) is 0. The Morgan fingerprint density at radius 1 is 1.26 bits per heavy atom. The lowest BCUT2D eigenvalue weighted by Gasteiger charge is -2.14. The molecule has 0 fully saturated rings. The molecule has 0 atom stereocenters. The van der Waals surface area contributed by atoms with Crippen molar-refractivity contribution in [1.82, 2.24) is 4.57 Å². The lowest BCUT2D eigenvalue weighted by molar-refractivity contribution is 0.416. The first-order valence-corrected chi connectivity index (χ1v) is 6.00. The molecule has 1 aromatic heterocycles. The van der Waals surface area contributed by atoms with Gasteiger partial charge in [0.2, 0.25) is 0 Å². The van der Waals surface area contributed by atoms with Gasteiger partial charge in [-0.05, 0) is 31.2 Å². The van der Waals surface area contributed by atoms with E-state index >= 15 is 0 Å². The molecular weight excluding hydrogens is 240 g/mol. The Labute approximate surface area is 111 Å². The minimum absolute atomic E-state index is 0.153. The summed E-state index contributed by atoms with van der Waals surface area (Å²) in [6.07, 6.45) is 0. The molecule has 2 aromatic rings. The van der Waals surface area contributed by atoms with Gasteiger partial charge in [0.05, 0.1) is 12.8 Å². The average molecular weight is 254 g/mol. The van der Waals surface area contributed by atoms with Crippen molar-refractivity contribution >= 4 is 0 Å². The van der Waals surface area contributed by atoms with E-state index in [0.717, 1.165) is 11.3 Å². The van der Waals surface area contributed by atoms with Crippen molar-refractivity contribution in [1.29, 1.82) is 5.26 Å². The quantitative estimate of drug-likeness (QED) is 0.845. The molecule has 0 aliphatic carbocycles. The minimum Gasteiger partial charge on any atom is -0.496 e. The first kappa shape index (κ1) is 12.9. The summed E-state index contributed by atoms with van der Waals surface area (Å²) >= 11 is 0. The fraction of sp³-hybridized carbons (Fsp3) is 0.200. The highest BCUT2D eigenvalue weighted by Gasteiger charge is 2.12. The summed E-state index contributed by atoms with van der Waals surface area (Å²) in [7, 11) is 1.59. The molecule has 0 saturated heterocycles. The number of aromatic nitrogens is 1. The normalized spacial score (nSPS) is 9.95. The van der Waals surface area contributed by atoms with Crippen LogP contribution in [0.5, 0.6) is 5.75 Å². The van der Waals surface area contributed by atoms with Gasteiger partial charge in [-0.2, -0.15) is 5.26 Å². The monoisotopic (exact) mass is 254 g/mol. The molecule has 96 valence electrons. The largest absolute Gasteiger partial charge is 0.496 e. The molecule has 0 bridgehead atoms. The third-order valence-corrected chi connectivity index (χ3v) is 2.99. The van der Waals surface area contributed by atoms with Crippen LogP contribution in [0.4, 0.5) is 0 Å². The van der Waals surface area contributed by atoms with E-state index in [-0.39, 0.29) is 11.1 Å². The summed E-state index contributed by atoms with van der Waals surface area (Å²) in [4.78, 5) is 12.1. The summed E-state index contributed by atoms with van der Waals surface area (Å²) in [6.45, 7) is 2.38. The number of nitriles is 1. The van der Waals surface area contributed by atoms with Crippen molar-refractivity contribution in [3.05, 3.63) is 52.3 Å². The molecule has 4 nitrogen and oxygen atoms in total. The van der Waals surface area contributed by atoms with Crippen molar-refractivity contribution < 1.29 is 4.74 Å². The zero-order chi connectivity index (χ0) is 13.8. The van der Waals surface area contributed by atoms with Gasteiger partial charge < -0.3 is 9.30 Å². The molecule has 0 unspecified atom stereocenters. The topological polar surface area (TPSA) is 55.0 Å². The maximum atomic E-state index is 12.1. The third-order valence-electron chi connectivity index (χ3n) is 2.99. The van der Waals surface area contributed by atoms with Gasteiger partial charge in [0.25, 0.3) is 5.56 Å². The fourth-order valence-electron chi connectivity index (χ4n) is 2.07. The van der Waals surface area contributed by atoms with E-state index in [1.165, 1.54) is 0 Å². The molecule has 0 saturated carbocycles. The maximum Gasteiger partial charge on any atom is 0.268 e. The second-order valence-electron chi connectivity index (χ2n) is 3.99. The Bertz CT molecular complexity index is 696. The SMILES string of the molecule is CCn1c(-c2ccccc2OC)ccc(C#N)c1=O. The number of para-hydroxylation sites is 1. The van der Waals surface area contributed by atoms with Crippen LogP contribution in [0.25, 0.3) is 11.3 Å². The summed E-state index contributed by atoms with van der Waals surface area (Å²) in [6, 6.07) is 12.7. The molecule has 19 heavy (non-hydrogen) atoms. The van der Waals surface area contributed by atoms with E-state index in [0.29, 0.717) is 12.3 Å². The minimum atomic E-state index is -0.270. The summed E-state index contributed by atoms with van der Waals surface area (Å²) in [5, 5.41) is 8.91. The van der Waals surface area contributed by atoms with E-state index in [4.69, 9.17) is 10.00 Å². The number of nitrogens with zero attached hydrogens (tertiary/aromatic N) is 2.